The number of imide groups is 1. The van der Waals surface area contributed by atoms with Crippen LogP contribution in [0.4, 0.5) is 11.4 Å². The van der Waals surface area contributed by atoms with E-state index in [9.17, 15) is 14.4 Å². The molecule has 1 saturated heterocycles. The van der Waals surface area contributed by atoms with Crippen LogP contribution in [0, 0.1) is 0 Å². The molecule has 1 aromatic carbocycles. The summed E-state index contributed by atoms with van der Waals surface area (Å²) in [5.41, 5.74) is 11.9. The zero-order chi connectivity index (χ0) is 13.3. The van der Waals surface area contributed by atoms with E-state index in [0.717, 1.165) is 0 Å². The standard InChI is InChI=1S/C11H12N4O3/c12-6-1-2-7(11(13)18)8(3-6)15-4-9(16)14-10(17)5-15/h1-3H,4-5,12H2,(H2,13,18)(H,14,16,17). The van der Waals surface area contributed by atoms with Gasteiger partial charge in [0, 0.05) is 5.69 Å². The number of carbonyl (C=O) groups is 3. The number of hydrogen-bond acceptors (Lipinski definition) is 5. The molecule has 1 fully saturated rings. The quantitative estimate of drug-likeness (QED) is 0.450. The second-order valence-electron chi connectivity index (χ2n) is 3.97. The molecule has 0 spiro atoms. The molecule has 1 aliphatic heterocycles. The summed E-state index contributed by atoms with van der Waals surface area (Å²) in [6.07, 6.45) is 0. The van der Waals surface area contributed by atoms with Crippen molar-refractivity contribution in [2.45, 2.75) is 0 Å². The highest BCUT2D eigenvalue weighted by Crippen LogP contribution is 2.23. The monoisotopic (exact) mass is 248 g/mol. The minimum absolute atomic E-state index is 0.0184. The summed E-state index contributed by atoms with van der Waals surface area (Å²) in [5, 5.41) is 2.18. The van der Waals surface area contributed by atoms with Crippen LogP contribution in [0.1, 0.15) is 10.4 Å². The second kappa shape index (κ2) is 4.36. The lowest BCUT2D eigenvalue weighted by atomic mass is 10.1. The number of carbonyl (C=O) groups excluding carboxylic acids is 3. The maximum absolute atomic E-state index is 11.3. The third-order valence-corrected chi connectivity index (χ3v) is 2.58. The van der Waals surface area contributed by atoms with Crippen LogP contribution >= 0.6 is 0 Å². The summed E-state index contributed by atoms with van der Waals surface area (Å²) in [7, 11) is 0. The van der Waals surface area contributed by atoms with E-state index in [1.165, 1.54) is 23.1 Å². The molecule has 1 aromatic rings. The molecule has 3 amide bonds. The van der Waals surface area contributed by atoms with Crippen LogP contribution in [0.3, 0.4) is 0 Å². The number of nitrogens with two attached hydrogens (primary N) is 2. The Morgan fingerprint density at radius 3 is 2.39 bits per heavy atom. The van der Waals surface area contributed by atoms with Crippen molar-refractivity contribution < 1.29 is 14.4 Å². The Balaban J connectivity index is 2.42. The SMILES string of the molecule is NC(=O)c1ccc(N)cc1N1CC(=O)NC(=O)C1. The molecule has 0 bridgehead atoms. The van der Waals surface area contributed by atoms with Crippen LogP contribution in [-0.2, 0) is 9.59 Å². The largest absolute Gasteiger partial charge is 0.399 e. The van der Waals surface area contributed by atoms with Crippen LogP contribution < -0.4 is 21.7 Å². The maximum atomic E-state index is 11.3. The van der Waals surface area contributed by atoms with E-state index in [2.05, 4.69) is 5.32 Å². The number of rotatable bonds is 2. The zero-order valence-electron chi connectivity index (χ0n) is 9.47. The summed E-state index contributed by atoms with van der Waals surface area (Å²) in [6, 6.07) is 4.53. The number of benzene rings is 1. The Morgan fingerprint density at radius 1 is 1.22 bits per heavy atom. The number of nitrogens with zero attached hydrogens (tertiary/aromatic N) is 1. The van der Waals surface area contributed by atoms with Crippen LogP contribution in [-0.4, -0.2) is 30.8 Å². The molecule has 2 rings (SSSR count). The second-order valence-corrected chi connectivity index (χ2v) is 3.97. The maximum Gasteiger partial charge on any atom is 0.250 e. The van der Waals surface area contributed by atoms with Crippen molar-refractivity contribution in [2.75, 3.05) is 23.7 Å². The van der Waals surface area contributed by atoms with Crippen LogP contribution in [0.15, 0.2) is 18.2 Å². The number of piperazine rings is 1. The predicted molar refractivity (Wildman–Crippen MR) is 64.7 cm³/mol. The highest BCUT2D eigenvalue weighted by molar-refractivity contribution is 6.05. The lowest BCUT2D eigenvalue weighted by Gasteiger charge is -2.28. The Kier molecular flexibility index (Phi) is 2.88. The van der Waals surface area contributed by atoms with Crippen LogP contribution in [0.25, 0.3) is 0 Å². The molecule has 18 heavy (non-hydrogen) atoms. The summed E-state index contributed by atoms with van der Waals surface area (Å²) in [4.78, 5) is 35.4. The van der Waals surface area contributed by atoms with Crippen LogP contribution in [0.2, 0.25) is 0 Å². The van der Waals surface area contributed by atoms with Gasteiger partial charge in [0.05, 0.1) is 24.3 Å². The molecule has 7 nitrogen and oxygen atoms in total. The molecule has 1 aliphatic rings. The average Bonchev–Trinajstić information content (AvgIpc) is 2.27. The van der Waals surface area contributed by atoms with Gasteiger partial charge in [-0.2, -0.15) is 0 Å². The molecule has 0 radical (unpaired) electrons. The fourth-order valence-corrected chi connectivity index (χ4v) is 1.83. The summed E-state index contributed by atoms with van der Waals surface area (Å²) >= 11 is 0. The fourth-order valence-electron chi connectivity index (χ4n) is 1.83. The Hall–Kier alpha value is -2.57. The smallest absolute Gasteiger partial charge is 0.250 e. The molecule has 1 heterocycles. The molecule has 0 atom stereocenters. The first-order chi connectivity index (χ1) is 8.47. The van der Waals surface area contributed by atoms with Crippen molar-refractivity contribution in [1.82, 2.24) is 5.32 Å². The van der Waals surface area contributed by atoms with E-state index >= 15 is 0 Å². The summed E-state index contributed by atoms with van der Waals surface area (Å²) in [6.45, 7) is -0.0368. The first-order valence-corrected chi connectivity index (χ1v) is 5.24. The van der Waals surface area contributed by atoms with E-state index < -0.39 is 17.7 Å². The van der Waals surface area contributed by atoms with Crippen molar-refractivity contribution in [2.24, 2.45) is 5.73 Å². The summed E-state index contributed by atoms with van der Waals surface area (Å²) in [5.74, 6) is -1.49. The highest BCUT2D eigenvalue weighted by atomic mass is 16.2. The van der Waals surface area contributed by atoms with Crippen LogP contribution in [0.5, 0.6) is 0 Å². The predicted octanol–water partition coefficient (Wildman–Crippen LogP) is -1.17. The van der Waals surface area contributed by atoms with E-state index in [-0.39, 0.29) is 18.7 Å². The number of primary amides is 1. The van der Waals surface area contributed by atoms with Gasteiger partial charge in [0.15, 0.2) is 0 Å². The lowest BCUT2D eigenvalue weighted by molar-refractivity contribution is -0.130. The molecule has 0 unspecified atom stereocenters. The van der Waals surface area contributed by atoms with Gasteiger partial charge in [0.25, 0.3) is 5.91 Å². The molecule has 0 aliphatic carbocycles. The van der Waals surface area contributed by atoms with Gasteiger partial charge >= 0.3 is 0 Å². The van der Waals surface area contributed by atoms with E-state index in [0.29, 0.717) is 11.4 Å². The minimum Gasteiger partial charge on any atom is -0.399 e. The zero-order valence-corrected chi connectivity index (χ0v) is 9.47. The topological polar surface area (TPSA) is 119 Å². The van der Waals surface area contributed by atoms with Crippen molar-refractivity contribution in [3.8, 4) is 0 Å². The first-order valence-electron chi connectivity index (χ1n) is 5.24. The Morgan fingerprint density at radius 2 is 1.83 bits per heavy atom. The van der Waals surface area contributed by atoms with Gasteiger partial charge in [-0.25, -0.2) is 0 Å². The van der Waals surface area contributed by atoms with Crippen molar-refractivity contribution in [1.29, 1.82) is 0 Å². The average molecular weight is 248 g/mol. The lowest BCUT2D eigenvalue weighted by Crippen LogP contribution is -2.52. The Labute approximate surface area is 103 Å². The van der Waals surface area contributed by atoms with E-state index in [1.54, 1.807) is 0 Å². The third-order valence-electron chi connectivity index (χ3n) is 2.58. The van der Waals surface area contributed by atoms with Gasteiger partial charge in [-0.15, -0.1) is 0 Å². The highest BCUT2D eigenvalue weighted by Gasteiger charge is 2.25. The molecule has 0 saturated carbocycles. The normalized spacial score (nSPS) is 15.4. The number of anilines is 2. The fraction of sp³-hybridized carbons (Fsp3) is 0.182. The molecule has 7 heteroatoms. The van der Waals surface area contributed by atoms with E-state index in [4.69, 9.17) is 11.5 Å². The molecule has 0 aromatic heterocycles. The molecule has 5 N–H and O–H groups in total. The van der Waals surface area contributed by atoms with Gasteiger partial charge in [0.1, 0.15) is 0 Å². The van der Waals surface area contributed by atoms with Crippen molar-refractivity contribution >= 4 is 29.1 Å². The minimum atomic E-state index is -0.636. The molecule has 94 valence electrons. The third kappa shape index (κ3) is 2.24. The van der Waals surface area contributed by atoms with Gasteiger partial charge in [-0.1, -0.05) is 0 Å². The number of nitrogens with one attached hydrogen (secondary N) is 1. The molecular formula is C11H12N4O3. The van der Waals surface area contributed by atoms with Gasteiger partial charge in [-0.05, 0) is 18.2 Å². The number of amides is 3. The van der Waals surface area contributed by atoms with Crippen molar-refractivity contribution in [3.63, 3.8) is 0 Å². The summed E-state index contributed by atoms with van der Waals surface area (Å²) < 4.78 is 0. The number of nitrogen functional groups attached to an aromatic ring is 1. The first kappa shape index (κ1) is 11.9. The number of hydrogen-bond donors (Lipinski definition) is 3. The van der Waals surface area contributed by atoms with Crippen molar-refractivity contribution in [3.05, 3.63) is 23.8 Å². The van der Waals surface area contributed by atoms with Gasteiger partial charge in [0.2, 0.25) is 11.8 Å². The van der Waals surface area contributed by atoms with Gasteiger partial charge < -0.3 is 16.4 Å². The van der Waals surface area contributed by atoms with Gasteiger partial charge in [-0.3, -0.25) is 19.7 Å². The Bertz CT molecular complexity index is 525. The van der Waals surface area contributed by atoms with E-state index in [1.807, 2.05) is 0 Å². The molecular weight excluding hydrogens is 236 g/mol.